The summed E-state index contributed by atoms with van der Waals surface area (Å²) in [5.41, 5.74) is 0. The first-order chi connectivity index (χ1) is 6.79. The lowest BCUT2D eigenvalue weighted by Gasteiger charge is -2.15. The molecule has 14 heavy (non-hydrogen) atoms. The van der Waals surface area contributed by atoms with Crippen LogP contribution in [0.1, 0.15) is 46.0 Å². The Morgan fingerprint density at radius 1 is 1.29 bits per heavy atom. The van der Waals surface area contributed by atoms with Crippen LogP contribution in [0.2, 0.25) is 0 Å². The molecular formula is C12H25NO. The fourth-order valence-electron chi connectivity index (χ4n) is 1.89. The molecule has 0 spiro atoms. The molecule has 1 saturated heterocycles. The Labute approximate surface area is 88.4 Å². The standard InChI is InChI=1S/C12H25NO/c1-11(2)10-14-9-7-12-6-4-3-5-8-13-12/h11-13H,3-10H2,1-2H3. The highest BCUT2D eigenvalue weighted by Gasteiger charge is 2.10. The van der Waals surface area contributed by atoms with Crippen molar-refractivity contribution in [2.24, 2.45) is 5.92 Å². The van der Waals surface area contributed by atoms with Crippen molar-refractivity contribution >= 4 is 0 Å². The maximum atomic E-state index is 5.60. The van der Waals surface area contributed by atoms with Gasteiger partial charge in [-0.25, -0.2) is 0 Å². The molecule has 84 valence electrons. The van der Waals surface area contributed by atoms with Gasteiger partial charge in [0.25, 0.3) is 0 Å². The molecule has 1 unspecified atom stereocenters. The smallest absolute Gasteiger partial charge is 0.0489 e. The topological polar surface area (TPSA) is 21.3 Å². The lowest BCUT2D eigenvalue weighted by atomic mass is 10.1. The number of ether oxygens (including phenoxy) is 1. The van der Waals surface area contributed by atoms with E-state index in [1.165, 1.54) is 38.6 Å². The summed E-state index contributed by atoms with van der Waals surface area (Å²) < 4.78 is 5.60. The monoisotopic (exact) mass is 199 g/mol. The molecule has 0 amide bonds. The van der Waals surface area contributed by atoms with E-state index in [1.807, 2.05) is 0 Å². The molecule has 1 atom stereocenters. The molecule has 1 N–H and O–H groups in total. The molecule has 0 radical (unpaired) electrons. The largest absolute Gasteiger partial charge is 0.381 e. The second-order valence-corrected chi connectivity index (χ2v) is 4.76. The molecule has 1 fully saturated rings. The summed E-state index contributed by atoms with van der Waals surface area (Å²) in [6.45, 7) is 7.44. The van der Waals surface area contributed by atoms with Crippen molar-refractivity contribution in [3.05, 3.63) is 0 Å². The minimum Gasteiger partial charge on any atom is -0.381 e. The molecular weight excluding hydrogens is 174 g/mol. The van der Waals surface area contributed by atoms with E-state index >= 15 is 0 Å². The minimum atomic E-state index is 0.664. The average Bonchev–Trinajstić information content (AvgIpc) is 2.40. The third-order valence-electron chi connectivity index (χ3n) is 2.72. The maximum Gasteiger partial charge on any atom is 0.0489 e. The number of hydrogen-bond donors (Lipinski definition) is 1. The Hall–Kier alpha value is -0.0800. The number of hydrogen-bond acceptors (Lipinski definition) is 2. The Kier molecular flexibility index (Phi) is 6.20. The van der Waals surface area contributed by atoms with Crippen molar-refractivity contribution in [1.82, 2.24) is 5.32 Å². The fourth-order valence-corrected chi connectivity index (χ4v) is 1.89. The van der Waals surface area contributed by atoms with E-state index in [2.05, 4.69) is 19.2 Å². The van der Waals surface area contributed by atoms with Gasteiger partial charge in [0, 0.05) is 19.3 Å². The molecule has 0 bridgehead atoms. The Morgan fingerprint density at radius 2 is 2.14 bits per heavy atom. The Balaban J connectivity index is 1.99. The van der Waals surface area contributed by atoms with Gasteiger partial charge in [0.2, 0.25) is 0 Å². The first-order valence-corrected chi connectivity index (χ1v) is 6.10. The Morgan fingerprint density at radius 3 is 2.93 bits per heavy atom. The van der Waals surface area contributed by atoms with E-state index in [1.54, 1.807) is 0 Å². The van der Waals surface area contributed by atoms with Gasteiger partial charge < -0.3 is 10.1 Å². The van der Waals surface area contributed by atoms with Crippen LogP contribution in [-0.2, 0) is 4.74 Å². The predicted octanol–water partition coefficient (Wildman–Crippen LogP) is 2.58. The molecule has 1 heterocycles. The third-order valence-corrected chi connectivity index (χ3v) is 2.72. The highest BCUT2D eigenvalue weighted by atomic mass is 16.5. The van der Waals surface area contributed by atoms with Crippen LogP contribution in [-0.4, -0.2) is 25.8 Å². The number of nitrogens with one attached hydrogen (secondary N) is 1. The lowest BCUT2D eigenvalue weighted by molar-refractivity contribution is 0.101. The van der Waals surface area contributed by atoms with Crippen molar-refractivity contribution in [3.63, 3.8) is 0 Å². The second-order valence-electron chi connectivity index (χ2n) is 4.76. The highest BCUT2D eigenvalue weighted by Crippen LogP contribution is 2.11. The van der Waals surface area contributed by atoms with Gasteiger partial charge in [0.15, 0.2) is 0 Å². The first kappa shape index (κ1) is 12.0. The van der Waals surface area contributed by atoms with Crippen molar-refractivity contribution in [2.75, 3.05) is 19.8 Å². The van der Waals surface area contributed by atoms with Gasteiger partial charge in [-0.1, -0.05) is 26.7 Å². The van der Waals surface area contributed by atoms with Crippen LogP contribution >= 0.6 is 0 Å². The molecule has 0 aromatic carbocycles. The van der Waals surface area contributed by atoms with Crippen molar-refractivity contribution < 1.29 is 4.74 Å². The van der Waals surface area contributed by atoms with Gasteiger partial charge in [-0.15, -0.1) is 0 Å². The maximum absolute atomic E-state index is 5.60. The van der Waals surface area contributed by atoms with Crippen LogP contribution < -0.4 is 5.32 Å². The van der Waals surface area contributed by atoms with Gasteiger partial charge >= 0.3 is 0 Å². The molecule has 0 aliphatic carbocycles. The molecule has 2 heteroatoms. The average molecular weight is 199 g/mol. The van der Waals surface area contributed by atoms with E-state index in [0.717, 1.165) is 13.2 Å². The van der Waals surface area contributed by atoms with Gasteiger partial charge in [0.05, 0.1) is 0 Å². The zero-order chi connectivity index (χ0) is 10.2. The molecule has 1 rings (SSSR count). The van der Waals surface area contributed by atoms with Gasteiger partial charge in [-0.3, -0.25) is 0 Å². The molecule has 1 aliphatic rings. The van der Waals surface area contributed by atoms with Crippen LogP contribution in [0.4, 0.5) is 0 Å². The third kappa shape index (κ3) is 5.61. The zero-order valence-electron chi connectivity index (χ0n) is 9.72. The highest BCUT2D eigenvalue weighted by molar-refractivity contribution is 4.70. The summed E-state index contributed by atoms with van der Waals surface area (Å²) in [5, 5.41) is 3.59. The summed E-state index contributed by atoms with van der Waals surface area (Å²) in [4.78, 5) is 0. The Bertz CT molecular complexity index is 128. The molecule has 1 aliphatic heterocycles. The van der Waals surface area contributed by atoms with Crippen LogP contribution in [0.25, 0.3) is 0 Å². The van der Waals surface area contributed by atoms with Crippen LogP contribution in [0.5, 0.6) is 0 Å². The van der Waals surface area contributed by atoms with Crippen molar-refractivity contribution in [2.45, 2.75) is 52.0 Å². The van der Waals surface area contributed by atoms with Crippen LogP contribution in [0.3, 0.4) is 0 Å². The normalized spacial score (nSPS) is 23.8. The fraction of sp³-hybridized carbons (Fsp3) is 1.00. The first-order valence-electron chi connectivity index (χ1n) is 6.10. The van der Waals surface area contributed by atoms with Gasteiger partial charge in [-0.05, 0) is 31.7 Å². The summed E-state index contributed by atoms with van der Waals surface area (Å²) in [6.07, 6.45) is 6.67. The summed E-state index contributed by atoms with van der Waals surface area (Å²) in [5.74, 6) is 0.664. The SMILES string of the molecule is CC(C)COCCC1CCCCCN1. The molecule has 2 nitrogen and oxygen atoms in total. The van der Waals surface area contributed by atoms with Gasteiger partial charge in [-0.2, -0.15) is 0 Å². The lowest BCUT2D eigenvalue weighted by Crippen LogP contribution is -2.29. The van der Waals surface area contributed by atoms with Crippen LogP contribution in [0.15, 0.2) is 0 Å². The molecule has 0 saturated carbocycles. The van der Waals surface area contributed by atoms with Crippen molar-refractivity contribution in [3.8, 4) is 0 Å². The second kappa shape index (κ2) is 7.24. The number of rotatable bonds is 5. The summed E-state index contributed by atoms with van der Waals surface area (Å²) >= 11 is 0. The quantitative estimate of drug-likeness (QED) is 0.687. The summed E-state index contributed by atoms with van der Waals surface area (Å²) in [6, 6.07) is 0.713. The zero-order valence-corrected chi connectivity index (χ0v) is 9.72. The summed E-state index contributed by atoms with van der Waals surface area (Å²) in [7, 11) is 0. The van der Waals surface area contributed by atoms with E-state index in [-0.39, 0.29) is 0 Å². The van der Waals surface area contributed by atoms with E-state index in [9.17, 15) is 0 Å². The van der Waals surface area contributed by atoms with Gasteiger partial charge in [0.1, 0.15) is 0 Å². The minimum absolute atomic E-state index is 0.664. The predicted molar refractivity (Wildman–Crippen MR) is 60.5 cm³/mol. The van der Waals surface area contributed by atoms with Crippen molar-refractivity contribution in [1.29, 1.82) is 0 Å². The van der Waals surface area contributed by atoms with E-state index < -0.39 is 0 Å². The van der Waals surface area contributed by atoms with Crippen LogP contribution in [0, 0.1) is 5.92 Å². The molecule has 0 aromatic heterocycles. The molecule has 0 aromatic rings. The van der Waals surface area contributed by atoms with E-state index in [4.69, 9.17) is 4.74 Å². The van der Waals surface area contributed by atoms with E-state index in [0.29, 0.717) is 12.0 Å².